The maximum Gasteiger partial charge on any atom is 0.137 e. The second kappa shape index (κ2) is 5.47. The lowest BCUT2D eigenvalue weighted by atomic mass is 10.1. The maximum absolute atomic E-state index is 10.3. The van der Waals surface area contributed by atoms with E-state index in [-0.39, 0.29) is 0 Å². The predicted molar refractivity (Wildman–Crippen MR) is 79.7 cm³/mol. The zero-order valence-corrected chi connectivity index (χ0v) is 11.5. The fourth-order valence-corrected chi connectivity index (χ4v) is 2.53. The molecule has 1 aromatic carbocycles. The first-order chi connectivity index (χ1) is 9.79. The smallest absolute Gasteiger partial charge is 0.137 e. The van der Waals surface area contributed by atoms with Crippen LogP contribution in [0.3, 0.4) is 0 Å². The largest absolute Gasteiger partial charge is 0.387 e. The van der Waals surface area contributed by atoms with Crippen LogP contribution in [0.1, 0.15) is 36.4 Å². The van der Waals surface area contributed by atoms with Crippen LogP contribution in [0.15, 0.2) is 54.7 Å². The van der Waals surface area contributed by atoms with E-state index in [1.165, 1.54) is 5.56 Å². The van der Waals surface area contributed by atoms with Crippen molar-refractivity contribution in [3.05, 3.63) is 71.7 Å². The van der Waals surface area contributed by atoms with Gasteiger partial charge in [-0.2, -0.15) is 0 Å². The van der Waals surface area contributed by atoms with Crippen molar-refractivity contribution in [3.8, 4) is 0 Å². The number of pyridine rings is 1. The highest BCUT2D eigenvalue weighted by Gasteiger charge is 2.18. The minimum atomic E-state index is -0.480. The average Bonchev–Trinajstić information content (AvgIpc) is 2.85. The summed E-state index contributed by atoms with van der Waals surface area (Å²) >= 11 is 0. The van der Waals surface area contributed by atoms with Crippen LogP contribution in [-0.4, -0.2) is 14.5 Å². The van der Waals surface area contributed by atoms with Gasteiger partial charge in [-0.05, 0) is 24.1 Å². The van der Waals surface area contributed by atoms with Gasteiger partial charge >= 0.3 is 0 Å². The van der Waals surface area contributed by atoms with Crippen molar-refractivity contribution < 1.29 is 5.11 Å². The van der Waals surface area contributed by atoms with E-state index < -0.39 is 6.10 Å². The van der Waals surface area contributed by atoms with Crippen LogP contribution in [0.25, 0.3) is 5.65 Å². The van der Waals surface area contributed by atoms with Gasteiger partial charge in [-0.25, -0.2) is 4.98 Å². The second-order valence-electron chi connectivity index (χ2n) is 4.96. The molecule has 0 aliphatic heterocycles. The Morgan fingerprint density at radius 2 is 1.85 bits per heavy atom. The molecule has 20 heavy (non-hydrogen) atoms. The predicted octanol–water partition coefficient (Wildman–Crippen LogP) is 3.37. The molecular formula is C17H18N2O. The molecule has 102 valence electrons. The molecule has 0 spiro atoms. The number of hydrogen-bond acceptors (Lipinski definition) is 2. The molecule has 3 aromatic rings. The van der Waals surface area contributed by atoms with Crippen LogP contribution in [-0.2, 0) is 6.42 Å². The summed E-state index contributed by atoms with van der Waals surface area (Å²) in [6.07, 6.45) is 2.91. The number of benzene rings is 1. The highest BCUT2D eigenvalue weighted by molar-refractivity contribution is 5.45. The van der Waals surface area contributed by atoms with E-state index in [2.05, 4.69) is 17.1 Å². The van der Waals surface area contributed by atoms with E-state index in [4.69, 9.17) is 0 Å². The molecule has 0 bridgehead atoms. The molecule has 2 heterocycles. The normalized spacial score (nSPS) is 12.7. The molecule has 0 saturated heterocycles. The summed E-state index contributed by atoms with van der Waals surface area (Å²) in [6.45, 7) is 1.99. The third-order valence-corrected chi connectivity index (χ3v) is 3.56. The maximum atomic E-state index is 10.3. The van der Waals surface area contributed by atoms with Crippen LogP contribution in [0.2, 0.25) is 0 Å². The number of aliphatic hydroxyl groups is 1. The Morgan fingerprint density at radius 1 is 1.10 bits per heavy atom. The van der Waals surface area contributed by atoms with Crippen molar-refractivity contribution in [2.75, 3.05) is 0 Å². The number of hydrogen-bond donors (Lipinski definition) is 1. The molecule has 1 N–H and O–H groups in total. The lowest BCUT2D eigenvalue weighted by Crippen LogP contribution is -2.04. The quantitative estimate of drug-likeness (QED) is 0.786. The molecule has 0 amide bonds. The summed E-state index contributed by atoms with van der Waals surface area (Å²) < 4.78 is 1.99. The number of rotatable bonds is 4. The number of fused-ring (bicyclic) bond motifs is 1. The fourth-order valence-electron chi connectivity index (χ4n) is 2.53. The first kappa shape index (κ1) is 12.9. The molecule has 0 aliphatic rings. The summed E-state index contributed by atoms with van der Waals surface area (Å²) in [6, 6.07) is 16.2. The standard InChI is InChI=1S/C17H18N2O/c1-2-15(20)17-14(12-13-8-4-3-5-9-13)18-16-10-6-7-11-19(16)17/h3-11,15,20H,2,12H2,1H3. The van der Waals surface area contributed by atoms with Gasteiger partial charge in [0.1, 0.15) is 5.65 Å². The van der Waals surface area contributed by atoms with E-state index in [1.54, 1.807) is 0 Å². The van der Waals surface area contributed by atoms with Crippen LogP contribution < -0.4 is 0 Å². The molecule has 0 aliphatic carbocycles. The number of aliphatic hydroxyl groups excluding tert-OH is 1. The Labute approximate surface area is 118 Å². The van der Waals surface area contributed by atoms with E-state index in [9.17, 15) is 5.11 Å². The van der Waals surface area contributed by atoms with Gasteiger partial charge < -0.3 is 9.51 Å². The van der Waals surface area contributed by atoms with E-state index in [1.807, 2.05) is 53.9 Å². The van der Waals surface area contributed by atoms with Gasteiger partial charge in [-0.1, -0.05) is 43.3 Å². The summed E-state index contributed by atoms with van der Waals surface area (Å²) in [5.74, 6) is 0. The molecule has 3 heteroatoms. The van der Waals surface area contributed by atoms with Crippen molar-refractivity contribution in [1.82, 2.24) is 9.38 Å². The Hall–Kier alpha value is -2.13. The summed E-state index contributed by atoms with van der Waals surface area (Å²) in [5, 5.41) is 10.3. The first-order valence-corrected chi connectivity index (χ1v) is 6.97. The Morgan fingerprint density at radius 3 is 2.60 bits per heavy atom. The lowest BCUT2D eigenvalue weighted by molar-refractivity contribution is 0.167. The number of imidazole rings is 1. The van der Waals surface area contributed by atoms with Gasteiger partial charge in [-0.3, -0.25) is 0 Å². The molecule has 1 atom stereocenters. The van der Waals surface area contributed by atoms with E-state index in [0.29, 0.717) is 6.42 Å². The molecule has 0 radical (unpaired) electrons. The van der Waals surface area contributed by atoms with Gasteiger partial charge in [-0.15, -0.1) is 0 Å². The van der Waals surface area contributed by atoms with E-state index >= 15 is 0 Å². The molecule has 2 aromatic heterocycles. The number of aromatic nitrogens is 2. The van der Waals surface area contributed by atoms with Gasteiger partial charge in [0.15, 0.2) is 0 Å². The minimum absolute atomic E-state index is 0.480. The van der Waals surface area contributed by atoms with Gasteiger partial charge in [0.25, 0.3) is 0 Å². The summed E-state index contributed by atoms with van der Waals surface area (Å²) in [4.78, 5) is 4.68. The van der Waals surface area contributed by atoms with Crippen molar-refractivity contribution in [1.29, 1.82) is 0 Å². The number of nitrogens with zero attached hydrogens (tertiary/aromatic N) is 2. The molecule has 0 fully saturated rings. The van der Waals surface area contributed by atoms with Crippen LogP contribution in [0, 0.1) is 0 Å². The molecule has 3 nitrogen and oxygen atoms in total. The Bertz CT molecular complexity index is 703. The second-order valence-corrected chi connectivity index (χ2v) is 4.96. The molecule has 1 unspecified atom stereocenters. The lowest BCUT2D eigenvalue weighted by Gasteiger charge is -2.10. The summed E-state index contributed by atoms with van der Waals surface area (Å²) in [7, 11) is 0. The van der Waals surface area contributed by atoms with E-state index in [0.717, 1.165) is 23.5 Å². The van der Waals surface area contributed by atoms with Crippen molar-refractivity contribution in [2.24, 2.45) is 0 Å². The first-order valence-electron chi connectivity index (χ1n) is 6.97. The molecular weight excluding hydrogens is 248 g/mol. The van der Waals surface area contributed by atoms with Crippen molar-refractivity contribution >= 4 is 5.65 Å². The Balaban J connectivity index is 2.09. The zero-order valence-electron chi connectivity index (χ0n) is 11.5. The minimum Gasteiger partial charge on any atom is -0.387 e. The van der Waals surface area contributed by atoms with Gasteiger partial charge in [0.05, 0.1) is 17.5 Å². The van der Waals surface area contributed by atoms with Gasteiger partial charge in [0, 0.05) is 12.6 Å². The topological polar surface area (TPSA) is 37.5 Å². The van der Waals surface area contributed by atoms with Crippen molar-refractivity contribution in [2.45, 2.75) is 25.9 Å². The monoisotopic (exact) mass is 266 g/mol. The SMILES string of the molecule is CCC(O)c1c(Cc2ccccc2)nc2ccccn12. The molecule has 3 rings (SSSR count). The Kier molecular flexibility index (Phi) is 3.52. The van der Waals surface area contributed by atoms with Gasteiger partial charge in [0.2, 0.25) is 0 Å². The van der Waals surface area contributed by atoms with Crippen molar-refractivity contribution in [3.63, 3.8) is 0 Å². The highest BCUT2D eigenvalue weighted by atomic mass is 16.3. The third-order valence-electron chi connectivity index (χ3n) is 3.56. The average molecular weight is 266 g/mol. The zero-order chi connectivity index (χ0) is 13.9. The van der Waals surface area contributed by atoms with Crippen LogP contribution in [0.4, 0.5) is 0 Å². The van der Waals surface area contributed by atoms with Crippen LogP contribution >= 0.6 is 0 Å². The fraction of sp³-hybridized carbons (Fsp3) is 0.235. The van der Waals surface area contributed by atoms with Crippen LogP contribution in [0.5, 0.6) is 0 Å². The molecule has 0 saturated carbocycles. The third kappa shape index (κ3) is 2.32. The highest BCUT2D eigenvalue weighted by Crippen LogP contribution is 2.24. The summed E-state index contributed by atoms with van der Waals surface area (Å²) in [5.41, 5.74) is 3.96.